The molecule has 1 saturated carbocycles. The number of nitrogens with one attached hydrogen (secondary N) is 1. The summed E-state index contributed by atoms with van der Waals surface area (Å²) >= 11 is 1.35. The predicted molar refractivity (Wildman–Crippen MR) is 122 cm³/mol. The summed E-state index contributed by atoms with van der Waals surface area (Å²) < 4.78 is 0. The lowest BCUT2D eigenvalue weighted by molar-refractivity contribution is -0.124. The maximum atomic E-state index is 13.8. The molecule has 0 aromatic carbocycles. The zero-order chi connectivity index (χ0) is 21.1. The molecule has 1 aromatic rings. The van der Waals surface area contributed by atoms with Crippen molar-refractivity contribution in [1.82, 2.24) is 5.32 Å². The van der Waals surface area contributed by atoms with Crippen molar-refractivity contribution in [2.75, 3.05) is 18.0 Å². The molecule has 2 heterocycles. The average Bonchev–Trinajstić information content (AvgIpc) is 3.21. The molecule has 0 atom stereocenters. The van der Waals surface area contributed by atoms with E-state index in [-0.39, 0.29) is 17.9 Å². The quantitative estimate of drug-likeness (QED) is 0.664. The summed E-state index contributed by atoms with van der Waals surface area (Å²) in [5.74, 6) is -0.0585. The number of rotatable bonds is 5. The number of piperidine rings is 1. The van der Waals surface area contributed by atoms with Crippen molar-refractivity contribution in [3.8, 4) is 0 Å². The Labute approximate surface area is 183 Å². The fourth-order valence-electron chi connectivity index (χ4n) is 5.20. The Hall–Kier alpha value is -1.66. The van der Waals surface area contributed by atoms with E-state index < -0.39 is 5.97 Å². The van der Waals surface area contributed by atoms with Gasteiger partial charge in [0.1, 0.15) is 4.88 Å². The second-order valence-electron chi connectivity index (χ2n) is 9.25. The third kappa shape index (κ3) is 4.65. The van der Waals surface area contributed by atoms with Crippen LogP contribution in [0.1, 0.15) is 85.7 Å². The van der Waals surface area contributed by atoms with Crippen LogP contribution in [0.15, 0.2) is 12.1 Å². The molecule has 1 aliphatic heterocycles. The minimum atomic E-state index is -0.915. The van der Waals surface area contributed by atoms with Crippen LogP contribution in [-0.2, 0) is 4.79 Å². The number of nitrogens with zero attached hydrogens (tertiary/aromatic N) is 1. The van der Waals surface area contributed by atoms with Gasteiger partial charge in [0, 0.05) is 16.8 Å². The number of aromatic carboxylic acids is 1. The fraction of sp³-hybridized carbons (Fsp3) is 0.667. The van der Waals surface area contributed by atoms with Crippen LogP contribution in [0.4, 0.5) is 5.69 Å². The molecule has 4 rings (SSSR count). The van der Waals surface area contributed by atoms with Crippen molar-refractivity contribution in [3.05, 3.63) is 21.9 Å². The lowest BCUT2D eigenvalue weighted by Gasteiger charge is -2.38. The average molecular weight is 431 g/mol. The van der Waals surface area contributed by atoms with Gasteiger partial charge in [-0.3, -0.25) is 4.79 Å². The molecule has 3 aliphatic rings. The molecule has 5 nitrogen and oxygen atoms in total. The molecule has 1 amide bonds. The number of carbonyl (C=O) groups excluding carboxylic acids is 1. The normalized spacial score (nSPS) is 25.6. The Balaban J connectivity index is 1.70. The summed E-state index contributed by atoms with van der Waals surface area (Å²) in [5, 5.41) is 13.4. The maximum absolute atomic E-state index is 13.8. The molecule has 2 fully saturated rings. The highest BCUT2D eigenvalue weighted by atomic mass is 32.1. The van der Waals surface area contributed by atoms with Gasteiger partial charge in [-0.25, -0.2) is 4.79 Å². The van der Waals surface area contributed by atoms with E-state index in [0.717, 1.165) is 75.8 Å². The molecule has 6 heteroatoms. The van der Waals surface area contributed by atoms with Crippen LogP contribution < -0.4 is 10.2 Å². The van der Waals surface area contributed by atoms with Crippen molar-refractivity contribution in [1.29, 1.82) is 0 Å². The summed E-state index contributed by atoms with van der Waals surface area (Å²) in [7, 11) is 0. The maximum Gasteiger partial charge on any atom is 0.348 e. The van der Waals surface area contributed by atoms with Gasteiger partial charge in [0.25, 0.3) is 0 Å². The number of anilines is 1. The lowest BCUT2D eigenvalue weighted by atomic mass is 9.82. The summed E-state index contributed by atoms with van der Waals surface area (Å²) in [5.41, 5.74) is 1.90. The van der Waals surface area contributed by atoms with E-state index in [1.165, 1.54) is 23.3 Å². The van der Waals surface area contributed by atoms with Gasteiger partial charge in [0.15, 0.2) is 0 Å². The fourth-order valence-corrected chi connectivity index (χ4v) is 6.25. The summed E-state index contributed by atoms with van der Waals surface area (Å²) in [6.07, 6.45) is 12.4. The highest BCUT2D eigenvalue weighted by Gasteiger charge is 2.36. The summed E-state index contributed by atoms with van der Waals surface area (Å²) in [6.45, 7) is 4.01. The summed E-state index contributed by atoms with van der Waals surface area (Å²) in [6, 6.07) is 2.09. The van der Waals surface area contributed by atoms with Crippen molar-refractivity contribution >= 4 is 34.5 Å². The van der Waals surface area contributed by atoms with Crippen LogP contribution in [-0.4, -0.2) is 36.1 Å². The summed E-state index contributed by atoms with van der Waals surface area (Å²) in [4.78, 5) is 29.2. The Kier molecular flexibility index (Phi) is 6.94. The van der Waals surface area contributed by atoms with Gasteiger partial charge in [-0.1, -0.05) is 13.0 Å². The van der Waals surface area contributed by atoms with E-state index in [4.69, 9.17) is 0 Å². The molecule has 1 saturated heterocycles. The minimum absolute atomic E-state index is 0.0231. The van der Waals surface area contributed by atoms with Crippen molar-refractivity contribution in [3.63, 3.8) is 0 Å². The Morgan fingerprint density at radius 1 is 1.10 bits per heavy atom. The van der Waals surface area contributed by atoms with Gasteiger partial charge in [-0.2, -0.15) is 0 Å². The van der Waals surface area contributed by atoms with E-state index in [1.54, 1.807) is 0 Å². The first-order valence-electron chi connectivity index (χ1n) is 11.6. The van der Waals surface area contributed by atoms with Crippen LogP contribution >= 0.6 is 11.3 Å². The molecule has 1 aromatic heterocycles. The molecule has 2 N–H and O–H groups in total. The molecule has 0 radical (unpaired) electrons. The molecule has 164 valence electrons. The lowest BCUT2D eigenvalue weighted by Crippen LogP contribution is -2.49. The van der Waals surface area contributed by atoms with E-state index in [0.29, 0.717) is 16.5 Å². The monoisotopic (exact) mass is 430 g/mol. The SMILES string of the molecule is CC1CCC(C(=O)N(c2cc(C3=CCCCC3)sc2C(=O)O)C2CCNCC2)CC1. The standard InChI is InChI=1S/C24H34N2O3S/c1-16-7-9-18(10-8-16)23(27)26(19-11-13-25-14-12-19)20-15-21(30-22(20)24(28)29)17-5-3-2-4-6-17/h5,15-16,18-19,25H,2-4,6-14H2,1H3,(H,28,29). The number of hydrogen-bond acceptors (Lipinski definition) is 4. The van der Waals surface area contributed by atoms with Crippen LogP contribution in [0.3, 0.4) is 0 Å². The molecule has 30 heavy (non-hydrogen) atoms. The topological polar surface area (TPSA) is 69.6 Å². The van der Waals surface area contributed by atoms with Crippen molar-refractivity contribution in [2.24, 2.45) is 11.8 Å². The number of carboxylic acid groups (broad SMARTS) is 1. The van der Waals surface area contributed by atoms with Gasteiger partial charge < -0.3 is 15.3 Å². The minimum Gasteiger partial charge on any atom is -0.477 e. The van der Waals surface area contributed by atoms with E-state index >= 15 is 0 Å². The van der Waals surface area contributed by atoms with Crippen LogP contribution in [0, 0.1) is 11.8 Å². The van der Waals surface area contributed by atoms with Gasteiger partial charge >= 0.3 is 5.97 Å². The largest absolute Gasteiger partial charge is 0.477 e. The second kappa shape index (κ2) is 9.65. The van der Waals surface area contributed by atoms with Crippen LogP contribution in [0.5, 0.6) is 0 Å². The molecular weight excluding hydrogens is 396 g/mol. The van der Waals surface area contributed by atoms with Crippen LogP contribution in [0.2, 0.25) is 0 Å². The zero-order valence-electron chi connectivity index (χ0n) is 18.0. The zero-order valence-corrected chi connectivity index (χ0v) is 18.8. The highest BCUT2D eigenvalue weighted by Crippen LogP contribution is 2.41. The van der Waals surface area contributed by atoms with E-state index in [1.807, 2.05) is 11.0 Å². The third-order valence-corrected chi connectivity index (χ3v) is 8.24. The van der Waals surface area contributed by atoms with Crippen molar-refractivity contribution in [2.45, 2.75) is 77.2 Å². The van der Waals surface area contributed by atoms with Gasteiger partial charge in [-0.05, 0) is 94.9 Å². The van der Waals surface area contributed by atoms with Gasteiger partial charge in [-0.15, -0.1) is 11.3 Å². The molecule has 0 unspecified atom stereocenters. The van der Waals surface area contributed by atoms with Gasteiger partial charge in [0.05, 0.1) is 5.69 Å². The first-order chi connectivity index (χ1) is 14.5. The van der Waals surface area contributed by atoms with E-state index in [9.17, 15) is 14.7 Å². The molecular formula is C24H34N2O3S. The number of thiophene rings is 1. The first-order valence-corrected chi connectivity index (χ1v) is 12.5. The number of carboxylic acids is 1. The molecule has 2 aliphatic carbocycles. The Morgan fingerprint density at radius 2 is 1.83 bits per heavy atom. The Bertz CT molecular complexity index is 801. The highest BCUT2D eigenvalue weighted by molar-refractivity contribution is 7.15. The third-order valence-electron chi connectivity index (χ3n) is 7.05. The number of carbonyl (C=O) groups is 2. The molecule has 0 bridgehead atoms. The molecule has 0 spiro atoms. The van der Waals surface area contributed by atoms with Gasteiger partial charge in [0.2, 0.25) is 5.91 Å². The van der Waals surface area contributed by atoms with Crippen LogP contribution in [0.25, 0.3) is 5.57 Å². The van der Waals surface area contributed by atoms with E-state index in [2.05, 4.69) is 18.3 Å². The Morgan fingerprint density at radius 3 is 2.47 bits per heavy atom. The number of amides is 1. The number of hydrogen-bond donors (Lipinski definition) is 2. The number of allylic oxidation sites excluding steroid dienone is 2. The smallest absolute Gasteiger partial charge is 0.348 e. The predicted octanol–water partition coefficient (Wildman–Crippen LogP) is 5.32. The first kappa shape index (κ1) is 21.6. The second-order valence-corrected chi connectivity index (χ2v) is 10.3. The van der Waals surface area contributed by atoms with Crippen molar-refractivity contribution < 1.29 is 14.7 Å².